The molecule has 0 spiro atoms. The second kappa shape index (κ2) is 14.3. The van der Waals surface area contributed by atoms with E-state index in [1.54, 1.807) is 0 Å². The van der Waals surface area contributed by atoms with E-state index in [0.717, 1.165) is 19.3 Å². The Morgan fingerprint density at radius 3 is 1.61 bits per heavy atom. The van der Waals surface area contributed by atoms with Crippen molar-refractivity contribution in [3.8, 4) is 0 Å². The van der Waals surface area contributed by atoms with Crippen LogP contribution in [0.2, 0.25) is 0 Å². The Balaban J connectivity index is 0. The Bertz CT molecular complexity index is 258. The van der Waals surface area contributed by atoms with Crippen LogP contribution in [-0.2, 0) is 14.5 Å². The number of halogens is 1. The zero-order valence-corrected chi connectivity index (χ0v) is 14.6. The fourth-order valence-corrected chi connectivity index (χ4v) is 2.42. The number of hydrogen-bond donors (Lipinski definition) is 0. The molecule has 18 heavy (non-hydrogen) atoms. The van der Waals surface area contributed by atoms with Crippen LogP contribution in [0.1, 0.15) is 71.1 Å². The first-order valence-electron chi connectivity index (χ1n) is 6.65. The van der Waals surface area contributed by atoms with Crippen LogP contribution in [0.4, 0.5) is 4.53 Å². The zero-order chi connectivity index (χ0) is 13.0. The molecule has 0 aromatic rings. The maximum absolute atomic E-state index is 11.5. The van der Waals surface area contributed by atoms with Crippen LogP contribution in [0.5, 0.6) is 0 Å². The van der Waals surface area contributed by atoms with Crippen LogP contribution in [0, 0.1) is 0 Å². The molecule has 0 aliphatic carbocycles. The smallest absolute Gasteiger partial charge is 0.197 e. The molecule has 0 atom stereocenters. The van der Waals surface area contributed by atoms with E-state index in [-0.39, 0.29) is 35.3 Å². The first-order chi connectivity index (χ1) is 8.12. The van der Waals surface area contributed by atoms with Crippen LogP contribution in [0.3, 0.4) is 0 Å². The van der Waals surface area contributed by atoms with E-state index in [1.807, 2.05) is 0 Å². The van der Waals surface area contributed by atoms with E-state index >= 15 is 0 Å². The molecule has 0 bridgehead atoms. The van der Waals surface area contributed by atoms with Crippen molar-refractivity contribution in [3.05, 3.63) is 0 Å². The molecule has 0 heterocycles. The predicted octanol–water partition coefficient (Wildman–Crippen LogP) is 3.76. The summed E-state index contributed by atoms with van der Waals surface area (Å²) in [5.41, 5.74) is 0. The molecule has 1 radical (unpaired) electrons. The van der Waals surface area contributed by atoms with Crippen molar-refractivity contribution in [3.63, 3.8) is 0 Å². The second-order valence-electron chi connectivity index (χ2n) is 4.51. The maximum atomic E-state index is 11.5. The van der Waals surface area contributed by atoms with Gasteiger partial charge in [0.25, 0.3) is 10.1 Å². The maximum Gasteiger partial charge on any atom is 0.297 e. The van der Waals surface area contributed by atoms with Crippen LogP contribution >= 0.6 is 0 Å². The molecule has 0 aliphatic rings. The first kappa shape index (κ1) is 21.1. The van der Waals surface area contributed by atoms with Gasteiger partial charge in [0.2, 0.25) is 0 Å². The molecular formula is C12H25FNaO3S. The minimum absolute atomic E-state index is 0. The average molecular weight is 291 g/mol. The molecule has 0 fully saturated rings. The molecule has 0 aromatic heterocycles. The summed E-state index contributed by atoms with van der Waals surface area (Å²) in [6, 6.07) is 0. The van der Waals surface area contributed by atoms with Gasteiger partial charge in [0.15, 0.2) is 0 Å². The molecule has 0 rings (SSSR count). The normalized spacial score (nSPS) is 11.2. The fourth-order valence-electron chi connectivity index (χ4n) is 1.80. The van der Waals surface area contributed by atoms with Gasteiger partial charge in [0.1, 0.15) is 0 Å². The Labute approximate surface area is 133 Å². The van der Waals surface area contributed by atoms with Gasteiger partial charge in [-0.05, 0) is 10.9 Å². The third kappa shape index (κ3) is 14.9. The van der Waals surface area contributed by atoms with E-state index in [2.05, 4.69) is 11.3 Å². The second-order valence-corrected chi connectivity index (χ2v) is 6.16. The molecule has 0 saturated carbocycles. The Kier molecular flexibility index (Phi) is 16.7. The van der Waals surface area contributed by atoms with Crippen molar-refractivity contribution in [1.29, 1.82) is 0 Å². The minimum atomic E-state index is -3.89. The molecule has 0 N–H and O–H groups in total. The molecule has 3 nitrogen and oxygen atoms in total. The standard InChI is InChI=1S/C12H25FO3S.Na/c1-2-3-4-5-6-7-8-9-10-11-12-17(14,15)16-13;/h2-12H2,1H3;. The average Bonchev–Trinajstić information content (AvgIpc) is 2.31. The topological polar surface area (TPSA) is 43.4 Å². The quantitative estimate of drug-likeness (QED) is 0.406. The van der Waals surface area contributed by atoms with E-state index in [1.165, 1.54) is 38.5 Å². The van der Waals surface area contributed by atoms with Crippen molar-refractivity contribution in [1.82, 2.24) is 0 Å². The van der Waals surface area contributed by atoms with E-state index in [4.69, 9.17) is 0 Å². The van der Waals surface area contributed by atoms with Gasteiger partial charge in [-0.1, -0.05) is 69.1 Å². The summed E-state index contributed by atoms with van der Waals surface area (Å²) in [5.74, 6) is -0.208. The van der Waals surface area contributed by atoms with E-state index < -0.39 is 10.1 Å². The van der Waals surface area contributed by atoms with Crippen molar-refractivity contribution < 1.29 is 17.3 Å². The largest absolute Gasteiger partial charge is 0.297 e. The summed E-state index contributed by atoms with van der Waals surface area (Å²) >= 11 is 0. The molecule has 0 aliphatic heterocycles. The van der Waals surface area contributed by atoms with Crippen molar-refractivity contribution >= 4 is 39.7 Å². The fraction of sp³-hybridized carbons (Fsp3) is 1.00. The summed E-state index contributed by atoms with van der Waals surface area (Å²) in [7, 11) is -3.89. The summed E-state index contributed by atoms with van der Waals surface area (Å²) in [5, 5.41) is 0. The monoisotopic (exact) mass is 291 g/mol. The molecule has 0 unspecified atom stereocenters. The van der Waals surface area contributed by atoms with Crippen LogP contribution < -0.4 is 0 Å². The first-order valence-corrected chi connectivity index (χ1v) is 8.23. The molecule has 0 amide bonds. The van der Waals surface area contributed by atoms with Gasteiger partial charge < -0.3 is 0 Å². The molecule has 0 saturated heterocycles. The van der Waals surface area contributed by atoms with Crippen LogP contribution in [0.15, 0.2) is 0 Å². The summed E-state index contributed by atoms with van der Waals surface area (Å²) in [6.07, 6.45) is 11.2. The van der Waals surface area contributed by atoms with Crippen molar-refractivity contribution in [2.45, 2.75) is 71.1 Å². The summed E-state index contributed by atoms with van der Waals surface area (Å²) in [6.45, 7) is 2.20. The Morgan fingerprint density at radius 1 is 0.833 bits per heavy atom. The number of hydrogen-bond acceptors (Lipinski definition) is 3. The van der Waals surface area contributed by atoms with Crippen LogP contribution in [-0.4, -0.2) is 43.7 Å². The van der Waals surface area contributed by atoms with Gasteiger partial charge in [0.05, 0.1) is 5.75 Å². The minimum Gasteiger partial charge on any atom is -0.197 e. The van der Waals surface area contributed by atoms with Gasteiger partial charge in [-0.2, -0.15) is 8.42 Å². The van der Waals surface area contributed by atoms with Gasteiger partial charge in [-0.15, -0.1) is 0 Å². The Morgan fingerprint density at radius 2 is 1.22 bits per heavy atom. The van der Waals surface area contributed by atoms with Crippen LogP contribution in [0.25, 0.3) is 0 Å². The van der Waals surface area contributed by atoms with E-state index in [0.29, 0.717) is 6.42 Å². The molecule has 105 valence electrons. The number of rotatable bonds is 12. The Hall–Kier alpha value is 0.840. The third-order valence-corrected chi connectivity index (χ3v) is 3.82. The van der Waals surface area contributed by atoms with Gasteiger partial charge >= 0.3 is 0 Å². The summed E-state index contributed by atoms with van der Waals surface area (Å²) < 4.78 is 35.6. The molecule has 6 heteroatoms. The number of unbranched alkanes of at least 4 members (excludes halogenated alkanes) is 9. The SMILES string of the molecule is CCCCCCCCCCCCS(=O)(=O)OF.[Na]. The van der Waals surface area contributed by atoms with Gasteiger partial charge in [0, 0.05) is 29.6 Å². The molecular weight excluding hydrogens is 266 g/mol. The predicted molar refractivity (Wildman–Crippen MR) is 73.6 cm³/mol. The zero-order valence-electron chi connectivity index (χ0n) is 11.8. The van der Waals surface area contributed by atoms with Gasteiger partial charge in [-0.3, -0.25) is 0 Å². The van der Waals surface area contributed by atoms with Crippen molar-refractivity contribution in [2.75, 3.05) is 5.75 Å². The summed E-state index contributed by atoms with van der Waals surface area (Å²) in [4.78, 5) is 0. The van der Waals surface area contributed by atoms with Gasteiger partial charge in [-0.25, -0.2) is 0 Å². The molecule has 0 aromatic carbocycles. The van der Waals surface area contributed by atoms with E-state index in [9.17, 15) is 12.9 Å². The van der Waals surface area contributed by atoms with Crippen molar-refractivity contribution in [2.24, 2.45) is 0 Å². The third-order valence-electron chi connectivity index (χ3n) is 2.84.